The van der Waals surface area contributed by atoms with Gasteiger partial charge in [0, 0.05) is 13.1 Å². The minimum atomic E-state index is -0.378. The van der Waals surface area contributed by atoms with E-state index in [1.54, 1.807) is 23.0 Å². The first-order valence-electron chi connectivity index (χ1n) is 10.5. The molecule has 2 aromatic heterocycles. The predicted octanol–water partition coefficient (Wildman–Crippen LogP) is 5.06. The normalized spacial score (nSPS) is 11.6. The lowest BCUT2D eigenvalue weighted by atomic mass is 10.1. The van der Waals surface area contributed by atoms with Crippen LogP contribution < -0.4 is 11.2 Å². The zero-order chi connectivity index (χ0) is 23.0. The molecule has 0 amide bonds. The van der Waals surface area contributed by atoms with Crippen LogP contribution in [-0.4, -0.2) is 18.7 Å². The van der Waals surface area contributed by atoms with Gasteiger partial charge in [0.25, 0.3) is 5.56 Å². The number of nitrogens with zero attached hydrogens (tertiary/aromatic N) is 4. The van der Waals surface area contributed by atoms with E-state index in [2.05, 4.69) is 18.8 Å². The lowest BCUT2D eigenvalue weighted by Crippen LogP contribution is -2.40. The van der Waals surface area contributed by atoms with Crippen LogP contribution in [0.25, 0.3) is 16.9 Å². The molecule has 0 bridgehead atoms. The largest absolute Gasteiger partial charge is 0.337 e. The van der Waals surface area contributed by atoms with E-state index in [4.69, 9.17) is 23.2 Å². The molecule has 6 nitrogen and oxygen atoms in total. The van der Waals surface area contributed by atoms with Gasteiger partial charge in [-0.1, -0.05) is 61.3 Å². The van der Waals surface area contributed by atoms with Gasteiger partial charge < -0.3 is 4.57 Å². The van der Waals surface area contributed by atoms with E-state index >= 15 is 0 Å². The molecule has 0 N–H and O–H groups in total. The topological polar surface area (TPSA) is 61.8 Å². The van der Waals surface area contributed by atoms with Gasteiger partial charge in [0.15, 0.2) is 11.2 Å². The van der Waals surface area contributed by atoms with Crippen molar-refractivity contribution in [2.75, 3.05) is 0 Å². The molecule has 0 aliphatic heterocycles. The highest BCUT2D eigenvalue weighted by molar-refractivity contribution is 6.42. The number of aromatic nitrogens is 4. The summed E-state index contributed by atoms with van der Waals surface area (Å²) >= 11 is 12.2. The number of rotatable bonds is 6. The summed E-state index contributed by atoms with van der Waals surface area (Å²) in [5.74, 6) is 0.352. The molecule has 0 atom stereocenters. The number of hydrogen-bond acceptors (Lipinski definition) is 3. The van der Waals surface area contributed by atoms with Crippen molar-refractivity contribution < 1.29 is 0 Å². The molecule has 0 unspecified atom stereocenters. The second kappa shape index (κ2) is 8.96. The van der Waals surface area contributed by atoms with E-state index in [-0.39, 0.29) is 11.2 Å². The van der Waals surface area contributed by atoms with Crippen LogP contribution in [-0.2, 0) is 13.1 Å². The summed E-state index contributed by atoms with van der Waals surface area (Å²) in [4.78, 5) is 31.4. The average molecular weight is 471 g/mol. The number of halogens is 2. The maximum atomic E-state index is 13.5. The van der Waals surface area contributed by atoms with E-state index in [0.717, 1.165) is 17.5 Å². The summed E-state index contributed by atoms with van der Waals surface area (Å²) < 4.78 is 4.62. The molecule has 4 aromatic rings. The predicted molar refractivity (Wildman–Crippen MR) is 129 cm³/mol. The molecule has 0 aliphatic rings. The van der Waals surface area contributed by atoms with Crippen LogP contribution in [0.1, 0.15) is 31.4 Å². The third-order valence-corrected chi connectivity index (χ3v) is 6.26. The molecule has 0 aliphatic carbocycles. The van der Waals surface area contributed by atoms with Gasteiger partial charge in [0.2, 0.25) is 0 Å². The Bertz CT molecular complexity index is 1420. The molecule has 0 radical (unpaired) electrons. The summed E-state index contributed by atoms with van der Waals surface area (Å²) in [6.45, 7) is 6.79. The first-order chi connectivity index (χ1) is 15.3. The van der Waals surface area contributed by atoms with Crippen LogP contribution in [0.4, 0.5) is 0 Å². The second-order valence-electron chi connectivity index (χ2n) is 8.34. The molecule has 4 rings (SSSR count). The molecule has 0 spiro atoms. The number of para-hydroxylation sites is 1. The Morgan fingerprint density at radius 1 is 1.03 bits per heavy atom. The number of fused-ring (bicyclic) bond motifs is 1. The maximum absolute atomic E-state index is 13.5. The Hall–Kier alpha value is -2.83. The lowest BCUT2D eigenvalue weighted by Gasteiger charge is -2.15. The standard InChI is InChI=1S/C24H24Cl2N4O2/c1-15(2)10-11-29-23(31)21-22(30(24(29)32)20-7-5-4-6-16(20)3)27-14-28(21)13-17-8-9-18(25)19(26)12-17/h4-9,12,14-15H,10-11,13H2,1-3H3. The van der Waals surface area contributed by atoms with Crippen molar-refractivity contribution in [2.24, 2.45) is 5.92 Å². The highest BCUT2D eigenvalue weighted by Gasteiger charge is 2.20. The Kier molecular flexibility index (Phi) is 6.26. The van der Waals surface area contributed by atoms with E-state index in [9.17, 15) is 9.59 Å². The van der Waals surface area contributed by atoms with E-state index in [1.807, 2.05) is 37.3 Å². The van der Waals surface area contributed by atoms with Crippen molar-refractivity contribution in [3.05, 3.63) is 90.8 Å². The van der Waals surface area contributed by atoms with Crippen LogP contribution in [0.2, 0.25) is 10.0 Å². The molecule has 0 saturated carbocycles. The van der Waals surface area contributed by atoms with Gasteiger partial charge in [0.05, 0.1) is 22.1 Å². The molecule has 32 heavy (non-hydrogen) atoms. The van der Waals surface area contributed by atoms with Crippen LogP contribution in [0.5, 0.6) is 0 Å². The van der Waals surface area contributed by atoms with Crippen molar-refractivity contribution in [2.45, 2.75) is 40.3 Å². The van der Waals surface area contributed by atoms with E-state index in [0.29, 0.717) is 45.9 Å². The molecule has 0 saturated heterocycles. The van der Waals surface area contributed by atoms with Gasteiger partial charge in [-0.25, -0.2) is 14.3 Å². The van der Waals surface area contributed by atoms with Crippen molar-refractivity contribution in [1.82, 2.24) is 18.7 Å². The molecule has 0 fully saturated rings. The lowest BCUT2D eigenvalue weighted by molar-refractivity contribution is 0.491. The van der Waals surface area contributed by atoms with Crippen molar-refractivity contribution in [1.29, 1.82) is 0 Å². The number of aryl methyl sites for hydroxylation is 1. The van der Waals surface area contributed by atoms with Gasteiger partial charge in [-0.15, -0.1) is 0 Å². The molecule has 2 aromatic carbocycles. The molecule has 2 heterocycles. The smallest absolute Gasteiger partial charge is 0.320 e. The Morgan fingerprint density at radius 2 is 1.78 bits per heavy atom. The molecule has 8 heteroatoms. The molecular weight excluding hydrogens is 447 g/mol. The van der Waals surface area contributed by atoms with E-state index < -0.39 is 0 Å². The Morgan fingerprint density at radius 3 is 2.47 bits per heavy atom. The number of imidazole rings is 1. The first kappa shape index (κ1) is 22.4. The van der Waals surface area contributed by atoms with Crippen LogP contribution in [0.3, 0.4) is 0 Å². The summed E-state index contributed by atoms with van der Waals surface area (Å²) in [5, 5.41) is 0.912. The Balaban J connectivity index is 1.97. The fourth-order valence-corrected chi connectivity index (χ4v) is 4.07. The monoisotopic (exact) mass is 470 g/mol. The quantitative estimate of drug-likeness (QED) is 0.395. The molecular formula is C24H24Cl2N4O2. The minimum absolute atomic E-state index is 0.340. The summed E-state index contributed by atoms with van der Waals surface area (Å²) in [6, 6.07) is 12.9. The third-order valence-electron chi connectivity index (χ3n) is 5.52. The highest BCUT2D eigenvalue weighted by atomic mass is 35.5. The zero-order valence-corrected chi connectivity index (χ0v) is 19.7. The van der Waals surface area contributed by atoms with Gasteiger partial charge in [-0.2, -0.15) is 0 Å². The average Bonchev–Trinajstić information content (AvgIpc) is 3.15. The Labute approximate surface area is 195 Å². The number of hydrogen-bond donors (Lipinski definition) is 0. The van der Waals surface area contributed by atoms with Crippen molar-refractivity contribution >= 4 is 34.4 Å². The maximum Gasteiger partial charge on any atom is 0.337 e. The van der Waals surface area contributed by atoms with Gasteiger partial charge in [-0.3, -0.25) is 9.36 Å². The fourth-order valence-electron chi connectivity index (χ4n) is 3.75. The van der Waals surface area contributed by atoms with Crippen LogP contribution in [0, 0.1) is 12.8 Å². The third kappa shape index (κ3) is 4.12. The van der Waals surface area contributed by atoms with Gasteiger partial charge in [-0.05, 0) is 48.6 Å². The van der Waals surface area contributed by atoms with Crippen LogP contribution in [0.15, 0.2) is 58.4 Å². The zero-order valence-electron chi connectivity index (χ0n) is 18.2. The fraction of sp³-hybridized carbons (Fsp3) is 0.292. The highest BCUT2D eigenvalue weighted by Crippen LogP contribution is 2.24. The summed E-state index contributed by atoms with van der Waals surface area (Å²) in [5.41, 5.74) is 2.51. The molecule has 166 valence electrons. The van der Waals surface area contributed by atoms with Crippen molar-refractivity contribution in [3.63, 3.8) is 0 Å². The van der Waals surface area contributed by atoms with Crippen LogP contribution >= 0.6 is 23.2 Å². The summed E-state index contributed by atoms with van der Waals surface area (Å²) in [7, 11) is 0. The van der Waals surface area contributed by atoms with Crippen molar-refractivity contribution in [3.8, 4) is 5.69 Å². The minimum Gasteiger partial charge on any atom is -0.320 e. The SMILES string of the molecule is Cc1ccccc1-n1c(=O)n(CCC(C)C)c(=O)c2c1ncn2Cc1ccc(Cl)c(Cl)c1. The number of benzene rings is 2. The summed E-state index contributed by atoms with van der Waals surface area (Å²) in [6.07, 6.45) is 2.31. The van der Waals surface area contributed by atoms with E-state index in [1.165, 1.54) is 9.13 Å². The van der Waals surface area contributed by atoms with Gasteiger partial charge >= 0.3 is 5.69 Å². The first-order valence-corrected chi connectivity index (χ1v) is 11.2. The van der Waals surface area contributed by atoms with Gasteiger partial charge in [0.1, 0.15) is 0 Å². The second-order valence-corrected chi connectivity index (χ2v) is 9.15.